The van der Waals surface area contributed by atoms with Gasteiger partial charge in [0.25, 0.3) is 0 Å². The number of urea groups is 1. The molecule has 1 saturated heterocycles. The first-order valence-electron chi connectivity index (χ1n) is 10.9. The Morgan fingerprint density at radius 2 is 1.90 bits per heavy atom. The van der Waals surface area contributed by atoms with Crippen molar-refractivity contribution in [3.63, 3.8) is 0 Å². The number of benzene rings is 2. The topological polar surface area (TPSA) is 78.0 Å². The van der Waals surface area contributed by atoms with Crippen LogP contribution in [0.25, 0.3) is 0 Å². The fourth-order valence-electron chi connectivity index (χ4n) is 3.49. The molecule has 166 valence electrons. The van der Waals surface area contributed by atoms with Crippen molar-refractivity contribution in [3.8, 4) is 5.75 Å². The molecular formula is C24H33N5O2. The first-order chi connectivity index (χ1) is 15.0. The second-order valence-corrected chi connectivity index (χ2v) is 7.88. The summed E-state index contributed by atoms with van der Waals surface area (Å²) in [6, 6.07) is 15.9. The van der Waals surface area contributed by atoms with Gasteiger partial charge in [-0.15, -0.1) is 0 Å². The van der Waals surface area contributed by atoms with Crippen LogP contribution in [0.1, 0.15) is 30.9 Å². The van der Waals surface area contributed by atoms with Crippen LogP contribution >= 0.6 is 0 Å². The van der Waals surface area contributed by atoms with Crippen molar-refractivity contribution in [1.82, 2.24) is 15.5 Å². The molecule has 31 heavy (non-hydrogen) atoms. The minimum absolute atomic E-state index is 0.00974. The van der Waals surface area contributed by atoms with Crippen molar-refractivity contribution in [2.75, 3.05) is 32.0 Å². The van der Waals surface area contributed by atoms with Crippen molar-refractivity contribution >= 4 is 17.7 Å². The zero-order valence-electron chi connectivity index (χ0n) is 18.6. The van der Waals surface area contributed by atoms with Gasteiger partial charge in [-0.3, -0.25) is 4.99 Å². The third kappa shape index (κ3) is 7.20. The highest BCUT2D eigenvalue weighted by atomic mass is 16.5. The van der Waals surface area contributed by atoms with E-state index in [2.05, 4.69) is 20.9 Å². The Hall–Kier alpha value is -3.22. The SMILES string of the molecule is CN=C(NCc1cccc(NC(=O)N2CCCC2)c1)NCC(C)Oc1cccc(C)c1. The molecule has 1 atom stereocenters. The Morgan fingerprint density at radius 1 is 1.13 bits per heavy atom. The van der Waals surface area contributed by atoms with Crippen LogP contribution in [0.5, 0.6) is 5.75 Å². The predicted octanol–water partition coefficient (Wildman–Crippen LogP) is 3.76. The number of likely N-dealkylation sites (tertiary alicyclic amines) is 1. The summed E-state index contributed by atoms with van der Waals surface area (Å²) in [6.07, 6.45) is 2.15. The molecule has 1 aliphatic heterocycles. The van der Waals surface area contributed by atoms with Crippen molar-refractivity contribution in [3.05, 3.63) is 59.7 Å². The number of carbonyl (C=O) groups is 1. The molecule has 1 unspecified atom stereocenters. The van der Waals surface area contributed by atoms with Crippen LogP contribution in [0.3, 0.4) is 0 Å². The summed E-state index contributed by atoms with van der Waals surface area (Å²) in [5, 5.41) is 9.60. The molecule has 7 heteroatoms. The maximum atomic E-state index is 12.3. The summed E-state index contributed by atoms with van der Waals surface area (Å²) < 4.78 is 5.96. The molecule has 0 saturated carbocycles. The molecule has 0 spiro atoms. The summed E-state index contributed by atoms with van der Waals surface area (Å²) in [6.45, 7) is 6.96. The molecule has 0 bridgehead atoms. The van der Waals surface area contributed by atoms with Crippen LogP contribution < -0.4 is 20.7 Å². The van der Waals surface area contributed by atoms with Crippen LogP contribution in [0.2, 0.25) is 0 Å². The number of amides is 2. The van der Waals surface area contributed by atoms with Gasteiger partial charge in [-0.2, -0.15) is 0 Å². The van der Waals surface area contributed by atoms with Crippen molar-refractivity contribution in [2.24, 2.45) is 4.99 Å². The zero-order valence-corrected chi connectivity index (χ0v) is 18.6. The fraction of sp³-hybridized carbons (Fsp3) is 0.417. The fourth-order valence-corrected chi connectivity index (χ4v) is 3.49. The third-order valence-corrected chi connectivity index (χ3v) is 5.14. The molecule has 1 aliphatic rings. The zero-order chi connectivity index (χ0) is 22.1. The summed E-state index contributed by atoms with van der Waals surface area (Å²) in [5.41, 5.74) is 3.04. The number of hydrogen-bond donors (Lipinski definition) is 3. The van der Waals surface area contributed by atoms with E-state index in [-0.39, 0.29) is 12.1 Å². The Labute approximate surface area is 184 Å². The van der Waals surface area contributed by atoms with Gasteiger partial charge in [0.15, 0.2) is 5.96 Å². The summed E-state index contributed by atoms with van der Waals surface area (Å²) >= 11 is 0. The van der Waals surface area contributed by atoms with E-state index < -0.39 is 0 Å². The molecule has 3 N–H and O–H groups in total. The van der Waals surface area contributed by atoms with Gasteiger partial charge >= 0.3 is 6.03 Å². The Balaban J connectivity index is 1.45. The summed E-state index contributed by atoms with van der Waals surface area (Å²) in [7, 11) is 1.74. The Bertz CT molecular complexity index is 893. The van der Waals surface area contributed by atoms with Gasteiger partial charge in [0.05, 0.1) is 6.54 Å². The lowest BCUT2D eigenvalue weighted by Gasteiger charge is -2.18. The number of carbonyl (C=O) groups excluding carboxylic acids is 1. The van der Waals surface area contributed by atoms with Crippen LogP contribution in [0.15, 0.2) is 53.5 Å². The highest BCUT2D eigenvalue weighted by Gasteiger charge is 2.17. The number of rotatable bonds is 7. The summed E-state index contributed by atoms with van der Waals surface area (Å²) in [5.74, 6) is 1.57. The largest absolute Gasteiger partial charge is 0.489 e. The van der Waals surface area contributed by atoms with Gasteiger partial charge in [-0.1, -0.05) is 24.3 Å². The molecule has 1 fully saturated rings. The molecule has 3 rings (SSSR count). The maximum Gasteiger partial charge on any atom is 0.321 e. The maximum absolute atomic E-state index is 12.3. The first kappa shape index (κ1) is 22.5. The number of ether oxygens (including phenoxy) is 1. The number of aliphatic imine (C=N–C) groups is 1. The lowest BCUT2D eigenvalue weighted by atomic mass is 10.2. The van der Waals surface area contributed by atoms with Crippen LogP contribution in [-0.2, 0) is 6.54 Å². The van der Waals surface area contributed by atoms with Crippen LogP contribution in [0, 0.1) is 6.92 Å². The average Bonchev–Trinajstić information content (AvgIpc) is 3.29. The minimum Gasteiger partial charge on any atom is -0.489 e. The Kier molecular flexibility index (Phi) is 8.15. The van der Waals surface area contributed by atoms with E-state index >= 15 is 0 Å². The molecule has 0 aromatic heterocycles. The molecule has 7 nitrogen and oxygen atoms in total. The van der Waals surface area contributed by atoms with Crippen molar-refractivity contribution in [1.29, 1.82) is 0 Å². The smallest absolute Gasteiger partial charge is 0.321 e. The molecule has 0 radical (unpaired) electrons. The predicted molar refractivity (Wildman–Crippen MR) is 126 cm³/mol. The molecule has 0 aliphatic carbocycles. The molecule has 1 heterocycles. The van der Waals surface area contributed by atoms with Gasteiger partial charge in [0, 0.05) is 32.4 Å². The van der Waals surface area contributed by atoms with Crippen LogP contribution in [-0.4, -0.2) is 49.7 Å². The number of nitrogens with zero attached hydrogens (tertiary/aromatic N) is 2. The van der Waals surface area contributed by atoms with E-state index in [4.69, 9.17) is 4.74 Å². The number of guanidine groups is 1. The van der Waals surface area contributed by atoms with E-state index in [1.807, 2.05) is 67.3 Å². The lowest BCUT2D eigenvalue weighted by Crippen LogP contribution is -2.41. The third-order valence-electron chi connectivity index (χ3n) is 5.14. The van der Waals surface area contributed by atoms with Gasteiger partial charge < -0.3 is 25.6 Å². The van der Waals surface area contributed by atoms with Gasteiger partial charge in [-0.25, -0.2) is 4.79 Å². The first-order valence-corrected chi connectivity index (χ1v) is 10.9. The second-order valence-electron chi connectivity index (χ2n) is 7.88. The van der Waals surface area contributed by atoms with E-state index in [0.717, 1.165) is 42.9 Å². The number of nitrogens with one attached hydrogen (secondary N) is 3. The Morgan fingerprint density at radius 3 is 2.65 bits per heavy atom. The normalized spacial score (nSPS) is 14.8. The average molecular weight is 424 g/mol. The molecule has 2 aromatic carbocycles. The van der Waals surface area contributed by atoms with E-state index in [1.165, 1.54) is 5.56 Å². The lowest BCUT2D eigenvalue weighted by molar-refractivity contribution is 0.222. The number of aryl methyl sites for hydroxylation is 1. The minimum atomic E-state index is -0.0253. The molecule has 2 amide bonds. The standard InChI is InChI=1S/C24H33N5O2/c1-18-8-6-11-22(14-18)31-19(2)16-26-23(25-3)27-17-20-9-7-10-21(15-20)28-24(30)29-12-4-5-13-29/h6-11,14-15,19H,4-5,12-13,16-17H2,1-3H3,(H,28,30)(H2,25,26,27). The van der Waals surface area contributed by atoms with Crippen LogP contribution in [0.4, 0.5) is 10.5 Å². The number of anilines is 1. The van der Waals surface area contributed by atoms with E-state index in [0.29, 0.717) is 19.0 Å². The highest BCUT2D eigenvalue weighted by Crippen LogP contribution is 2.15. The summed E-state index contributed by atoms with van der Waals surface area (Å²) in [4.78, 5) is 18.4. The monoisotopic (exact) mass is 423 g/mol. The van der Waals surface area contributed by atoms with Gasteiger partial charge in [0.2, 0.25) is 0 Å². The highest BCUT2D eigenvalue weighted by molar-refractivity contribution is 5.89. The number of hydrogen-bond acceptors (Lipinski definition) is 3. The second kappa shape index (κ2) is 11.2. The van der Waals surface area contributed by atoms with Gasteiger partial charge in [-0.05, 0) is 62.1 Å². The van der Waals surface area contributed by atoms with E-state index in [9.17, 15) is 4.79 Å². The molecular weight excluding hydrogens is 390 g/mol. The quantitative estimate of drug-likeness (QED) is 0.468. The molecule has 2 aromatic rings. The van der Waals surface area contributed by atoms with Crippen molar-refractivity contribution in [2.45, 2.75) is 39.3 Å². The van der Waals surface area contributed by atoms with E-state index in [1.54, 1.807) is 7.05 Å². The van der Waals surface area contributed by atoms with Crippen molar-refractivity contribution < 1.29 is 9.53 Å². The van der Waals surface area contributed by atoms with Gasteiger partial charge in [0.1, 0.15) is 11.9 Å².